The van der Waals surface area contributed by atoms with E-state index < -0.39 is 0 Å². The second-order valence-corrected chi connectivity index (χ2v) is 4.51. The summed E-state index contributed by atoms with van der Waals surface area (Å²) in [6, 6.07) is 0. The number of amides is 1. The van der Waals surface area contributed by atoms with Crippen molar-refractivity contribution < 1.29 is 9.59 Å². The van der Waals surface area contributed by atoms with Gasteiger partial charge >= 0.3 is 0 Å². The van der Waals surface area contributed by atoms with Gasteiger partial charge in [0, 0.05) is 20.1 Å². The first-order valence-electron chi connectivity index (χ1n) is 5.51. The zero-order valence-electron chi connectivity index (χ0n) is 10.2. The van der Waals surface area contributed by atoms with Crippen LogP contribution in [0.4, 0.5) is 5.82 Å². The fourth-order valence-electron chi connectivity index (χ4n) is 1.81. The lowest BCUT2D eigenvalue weighted by molar-refractivity contribution is -0.129. The van der Waals surface area contributed by atoms with Crippen LogP contribution >= 0.6 is 11.6 Å². The predicted octanol–water partition coefficient (Wildman–Crippen LogP) is 0.529. The zero-order chi connectivity index (χ0) is 13.3. The van der Waals surface area contributed by atoms with Gasteiger partial charge in [-0.05, 0) is 6.92 Å². The van der Waals surface area contributed by atoms with Gasteiger partial charge in [-0.25, -0.2) is 9.97 Å². The summed E-state index contributed by atoms with van der Waals surface area (Å²) in [5.41, 5.74) is 0.236. The van der Waals surface area contributed by atoms with Crippen molar-refractivity contribution in [3.05, 3.63) is 16.5 Å². The van der Waals surface area contributed by atoms with Crippen LogP contribution in [0.5, 0.6) is 0 Å². The second-order valence-electron chi connectivity index (χ2n) is 4.15. The van der Waals surface area contributed by atoms with Gasteiger partial charge in [0.15, 0.2) is 6.29 Å². The van der Waals surface area contributed by atoms with Gasteiger partial charge in [-0.15, -0.1) is 0 Å². The molecule has 0 unspecified atom stereocenters. The Morgan fingerprint density at radius 2 is 2.06 bits per heavy atom. The number of hydrogen-bond donors (Lipinski definition) is 0. The molecule has 0 aromatic carbocycles. The molecule has 0 N–H and O–H groups in total. The number of rotatable bonds is 2. The molecular weight excluding hydrogens is 256 g/mol. The Hall–Kier alpha value is -1.69. The maximum absolute atomic E-state index is 11.7. The van der Waals surface area contributed by atoms with Crippen molar-refractivity contribution in [2.24, 2.45) is 0 Å². The van der Waals surface area contributed by atoms with Crippen LogP contribution in [0.3, 0.4) is 0 Å². The number of anilines is 1. The number of aryl methyl sites for hydroxylation is 1. The number of aldehydes is 1. The van der Waals surface area contributed by atoms with Gasteiger partial charge in [-0.1, -0.05) is 11.6 Å². The lowest BCUT2D eigenvalue weighted by atomic mass is 10.2. The first-order chi connectivity index (χ1) is 8.52. The maximum Gasteiger partial charge on any atom is 0.241 e. The number of halogens is 1. The lowest BCUT2D eigenvalue weighted by Crippen LogP contribution is -2.49. The Bertz CT molecular complexity index is 506. The third-order valence-corrected chi connectivity index (χ3v) is 3.15. The molecule has 1 aliphatic rings. The van der Waals surface area contributed by atoms with Crippen molar-refractivity contribution in [1.82, 2.24) is 14.9 Å². The van der Waals surface area contributed by atoms with Crippen LogP contribution in [-0.2, 0) is 4.79 Å². The predicted molar refractivity (Wildman–Crippen MR) is 67.0 cm³/mol. The van der Waals surface area contributed by atoms with Gasteiger partial charge in [0.1, 0.15) is 16.8 Å². The summed E-state index contributed by atoms with van der Waals surface area (Å²) in [5.74, 6) is 0.904. The van der Waals surface area contributed by atoms with E-state index >= 15 is 0 Å². The van der Waals surface area contributed by atoms with Gasteiger partial charge < -0.3 is 9.80 Å². The van der Waals surface area contributed by atoms with E-state index in [1.165, 1.54) is 0 Å². The first kappa shape index (κ1) is 12.8. The summed E-state index contributed by atoms with van der Waals surface area (Å²) in [6.45, 7) is 3.11. The minimum absolute atomic E-state index is 0.00881. The summed E-state index contributed by atoms with van der Waals surface area (Å²) < 4.78 is 0. The van der Waals surface area contributed by atoms with Crippen molar-refractivity contribution in [2.45, 2.75) is 6.92 Å². The molecule has 2 rings (SSSR count). The molecule has 2 heterocycles. The number of aromatic nitrogens is 2. The monoisotopic (exact) mass is 268 g/mol. The van der Waals surface area contributed by atoms with E-state index in [0.29, 0.717) is 31.0 Å². The molecule has 0 spiro atoms. The molecule has 6 nitrogen and oxygen atoms in total. The van der Waals surface area contributed by atoms with E-state index in [-0.39, 0.29) is 23.2 Å². The van der Waals surface area contributed by atoms with E-state index in [1.807, 2.05) is 0 Å². The van der Waals surface area contributed by atoms with Crippen molar-refractivity contribution in [2.75, 3.05) is 31.6 Å². The fraction of sp³-hybridized carbons (Fsp3) is 0.455. The van der Waals surface area contributed by atoms with E-state index in [1.54, 1.807) is 23.8 Å². The van der Waals surface area contributed by atoms with Crippen molar-refractivity contribution in [1.29, 1.82) is 0 Å². The lowest BCUT2D eigenvalue weighted by Gasteiger charge is -2.33. The number of hydrogen-bond acceptors (Lipinski definition) is 5. The molecule has 18 heavy (non-hydrogen) atoms. The van der Waals surface area contributed by atoms with Gasteiger partial charge in [0.05, 0.1) is 12.1 Å². The third kappa shape index (κ3) is 2.28. The van der Waals surface area contributed by atoms with E-state index in [0.717, 1.165) is 0 Å². The molecule has 96 valence electrons. The topological polar surface area (TPSA) is 66.4 Å². The summed E-state index contributed by atoms with van der Waals surface area (Å²) in [5, 5.41) is 0.124. The minimum Gasteiger partial charge on any atom is -0.345 e. The van der Waals surface area contributed by atoms with Crippen LogP contribution < -0.4 is 4.90 Å². The molecule has 0 atom stereocenters. The number of nitrogens with zero attached hydrogens (tertiary/aromatic N) is 4. The van der Waals surface area contributed by atoms with Crippen LogP contribution in [0.25, 0.3) is 0 Å². The summed E-state index contributed by atoms with van der Waals surface area (Å²) in [7, 11) is 1.75. The molecule has 0 radical (unpaired) electrons. The molecular formula is C11H13ClN4O2. The molecule has 0 aliphatic carbocycles. The molecule has 0 saturated carbocycles. The molecule has 1 aliphatic heterocycles. The third-order valence-electron chi connectivity index (χ3n) is 2.87. The van der Waals surface area contributed by atoms with Gasteiger partial charge in [-0.2, -0.15) is 0 Å². The van der Waals surface area contributed by atoms with Crippen LogP contribution in [0.1, 0.15) is 16.2 Å². The van der Waals surface area contributed by atoms with E-state index in [4.69, 9.17) is 11.6 Å². The van der Waals surface area contributed by atoms with Gasteiger partial charge in [-0.3, -0.25) is 9.59 Å². The summed E-state index contributed by atoms with van der Waals surface area (Å²) in [6.07, 6.45) is 0.625. The molecule has 1 fully saturated rings. The van der Waals surface area contributed by atoms with Crippen LogP contribution in [0.15, 0.2) is 0 Å². The van der Waals surface area contributed by atoms with E-state index in [9.17, 15) is 9.59 Å². The van der Waals surface area contributed by atoms with Crippen LogP contribution in [0.2, 0.25) is 5.15 Å². The first-order valence-corrected chi connectivity index (χ1v) is 5.89. The highest BCUT2D eigenvalue weighted by Crippen LogP contribution is 2.23. The normalized spacial score (nSPS) is 16.1. The number of piperazine rings is 1. The molecule has 1 saturated heterocycles. The Morgan fingerprint density at radius 3 is 2.67 bits per heavy atom. The Balaban J connectivity index is 2.38. The molecule has 0 bridgehead atoms. The molecule has 7 heteroatoms. The average Bonchev–Trinajstić information content (AvgIpc) is 2.32. The van der Waals surface area contributed by atoms with Gasteiger partial charge in [0.2, 0.25) is 5.91 Å². The minimum atomic E-state index is -0.00881. The average molecular weight is 269 g/mol. The van der Waals surface area contributed by atoms with E-state index in [2.05, 4.69) is 9.97 Å². The highest BCUT2D eigenvalue weighted by atomic mass is 35.5. The Morgan fingerprint density at radius 1 is 1.33 bits per heavy atom. The van der Waals surface area contributed by atoms with Crippen molar-refractivity contribution in [3.63, 3.8) is 0 Å². The molecule has 1 amide bonds. The van der Waals surface area contributed by atoms with Crippen LogP contribution in [0, 0.1) is 6.92 Å². The SMILES string of the molecule is Cc1nc(Cl)c(C=O)c(N2CCN(C)C(=O)C2)n1. The standard InChI is InChI=1S/C11H13ClN4O2/c1-7-13-10(12)8(6-17)11(14-7)16-4-3-15(2)9(18)5-16/h6H,3-5H2,1-2H3. The summed E-state index contributed by atoms with van der Waals surface area (Å²) >= 11 is 5.91. The van der Waals surface area contributed by atoms with Crippen molar-refractivity contribution in [3.8, 4) is 0 Å². The smallest absolute Gasteiger partial charge is 0.241 e. The quantitative estimate of drug-likeness (QED) is 0.578. The second kappa shape index (κ2) is 4.89. The molecule has 1 aromatic rings. The summed E-state index contributed by atoms with van der Waals surface area (Å²) in [4.78, 5) is 34.3. The molecule has 1 aromatic heterocycles. The maximum atomic E-state index is 11.7. The number of likely N-dealkylation sites (N-methyl/N-ethyl adjacent to an activating group) is 1. The van der Waals surface area contributed by atoms with Crippen molar-refractivity contribution >= 4 is 29.6 Å². The highest BCUT2D eigenvalue weighted by Gasteiger charge is 2.25. The largest absolute Gasteiger partial charge is 0.345 e. The zero-order valence-corrected chi connectivity index (χ0v) is 10.9. The highest BCUT2D eigenvalue weighted by molar-refractivity contribution is 6.32. The Labute approximate surface area is 110 Å². The number of carbonyl (C=O) groups excluding carboxylic acids is 2. The van der Waals surface area contributed by atoms with Crippen LogP contribution in [-0.4, -0.2) is 53.7 Å². The fourth-order valence-corrected chi connectivity index (χ4v) is 2.07. The van der Waals surface area contributed by atoms with Gasteiger partial charge in [0.25, 0.3) is 0 Å². The Kier molecular flexibility index (Phi) is 3.47. The number of carbonyl (C=O) groups is 2.